The van der Waals surface area contributed by atoms with Gasteiger partial charge in [0, 0.05) is 12.1 Å². The molecular weight excluding hydrogens is 198 g/mol. The lowest BCUT2D eigenvalue weighted by molar-refractivity contribution is -0.385. The van der Waals surface area contributed by atoms with E-state index in [2.05, 4.69) is 0 Å². The summed E-state index contributed by atoms with van der Waals surface area (Å²) in [7, 11) is 0. The van der Waals surface area contributed by atoms with Crippen molar-refractivity contribution in [1.29, 1.82) is 0 Å². The van der Waals surface area contributed by atoms with E-state index in [0.717, 1.165) is 0 Å². The molecule has 0 unspecified atom stereocenters. The second-order valence-corrected chi connectivity index (χ2v) is 2.75. The van der Waals surface area contributed by atoms with Crippen LogP contribution in [0, 0.1) is 10.1 Å². The van der Waals surface area contributed by atoms with Gasteiger partial charge in [-0.2, -0.15) is 0 Å². The second kappa shape index (κ2) is 5.19. The first kappa shape index (κ1) is 11.3. The Bertz CT molecular complexity index is 351. The highest BCUT2D eigenvalue weighted by molar-refractivity contribution is 5.50. The van der Waals surface area contributed by atoms with Gasteiger partial charge in [-0.25, -0.2) is 0 Å². The summed E-state index contributed by atoms with van der Waals surface area (Å²) in [5.41, 5.74) is -0.0414. The van der Waals surface area contributed by atoms with Gasteiger partial charge in [-0.05, 0) is 19.9 Å². The van der Waals surface area contributed by atoms with Crippen molar-refractivity contribution < 1.29 is 14.4 Å². The van der Waals surface area contributed by atoms with Crippen LogP contribution >= 0.6 is 0 Å². The average Bonchev–Trinajstić information content (AvgIpc) is 2.18. The zero-order valence-electron chi connectivity index (χ0n) is 8.73. The van der Waals surface area contributed by atoms with Crippen LogP contribution < -0.4 is 9.47 Å². The third-order valence-electron chi connectivity index (χ3n) is 1.74. The van der Waals surface area contributed by atoms with Crippen LogP contribution in [0.3, 0.4) is 0 Å². The second-order valence-electron chi connectivity index (χ2n) is 2.75. The summed E-state index contributed by atoms with van der Waals surface area (Å²) in [6.07, 6.45) is 0. The van der Waals surface area contributed by atoms with Crippen molar-refractivity contribution in [2.45, 2.75) is 13.8 Å². The fourth-order valence-electron chi connectivity index (χ4n) is 1.17. The van der Waals surface area contributed by atoms with Crippen molar-refractivity contribution in [1.82, 2.24) is 0 Å². The molecule has 1 aromatic carbocycles. The van der Waals surface area contributed by atoms with Crippen molar-refractivity contribution >= 4 is 5.69 Å². The molecule has 0 saturated carbocycles. The van der Waals surface area contributed by atoms with E-state index >= 15 is 0 Å². The predicted molar refractivity (Wildman–Crippen MR) is 55.4 cm³/mol. The Balaban J connectivity index is 3.03. The van der Waals surface area contributed by atoms with Crippen molar-refractivity contribution in [3.63, 3.8) is 0 Å². The molecule has 0 heterocycles. The van der Waals surface area contributed by atoms with E-state index in [4.69, 9.17) is 9.47 Å². The average molecular weight is 211 g/mol. The molecule has 0 saturated heterocycles. The van der Waals surface area contributed by atoms with Gasteiger partial charge in [-0.15, -0.1) is 0 Å². The Hall–Kier alpha value is -1.78. The number of rotatable bonds is 5. The molecule has 0 N–H and O–H groups in total. The first-order valence-corrected chi connectivity index (χ1v) is 4.73. The van der Waals surface area contributed by atoms with Crippen molar-refractivity contribution in [3.8, 4) is 11.5 Å². The fourth-order valence-corrected chi connectivity index (χ4v) is 1.17. The van der Waals surface area contributed by atoms with E-state index < -0.39 is 4.92 Å². The molecule has 0 spiro atoms. The molecule has 0 aliphatic heterocycles. The highest BCUT2D eigenvalue weighted by atomic mass is 16.6. The van der Waals surface area contributed by atoms with E-state index in [1.165, 1.54) is 12.1 Å². The topological polar surface area (TPSA) is 61.6 Å². The lowest BCUT2D eigenvalue weighted by Crippen LogP contribution is -1.99. The predicted octanol–water partition coefficient (Wildman–Crippen LogP) is 2.39. The largest absolute Gasteiger partial charge is 0.494 e. The summed E-state index contributed by atoms with van der Waals surface area (Å²) >= 11 is 0. The molecule has 15 heavy (non-hydrogen) atoms. The summed E-state index contributed by atoms with van der Waals surface area (Å²) in [6, 6.07) is 4.48. The SMILES string of the molecule is CCOc1ccc([N+](=O)[O-])c(OCC)c1. The summed E-state index contributed by atoms with van der Waals surface area (Å²) in [5.74, 6) is 0.819. The molecule has 0 aromatic heterocycles. The minimum atomic E-state index is -0.472. The number of ether oxygens (including phenoxy) is 2. The van der Waals surface area contributed by atoms with Gasteiger partial charge in [0.15, 0.2) is 0 Å². The Labute approximate surface area is 87.8 Å². The van der Waals surface area contributed by atoms with Crippen LogP contribution in [-0.2, 0) is 0 Å². The minimum Gasteiger partial charge on any atom is -0.494 e. The van der Waals surface area contributed by atoms with Crippen molar-refractivity contribution in [2.24, 2.45) is 0 Å². The van der Waals surface area contributed by atoms with E-state index in [-0.39, 0.29) is 11.4 Å². The summed E-state index contributed by atoms with van der Waals surface area (Å²) in [6.45, 7) is 4.53. The monoisotopic (exact) mass is 211 g/mol. The molecule has 5 nitrogen and oxygen atoms in total. The number of hydrogen-bond donors (Lipinski definition) is 0. The Morgan fingerprint density at radius 2 is 1.93 bits per heavy atom. The van der Waals surface area contributed by atoms with Crippen molar-refractivity contribution in [3.05, 3.63) is 28.3 Å². The van der Waals surface area contributed by atoms with Crippen LogP contribution in [0.1, 0.15) is 13.8 Å². The summed E-state index contributed by atoms with van der Waals surface area (Å²) in [5, 5.41) is 10.7. The molecule has 0 radical (unpaired) electrons. The molecule has 0 atom stereocenters. The quantitative estimate of drug-likeness (QED) is 0.554. The van der Waals surface area contributed by atoms with Crippen LogP contribution in [0.2, 0.25) is 0 Å². The van der Waals surface area contributed by atoms with E-state index in [0.29, 0.717) is 19.0 Å². The van der Waals surface area contributed by atoms with Crippen LogP contribution in [0.15, 0.2) is 18.2 Å². The molecule has 0 aliphatic carbocycles. The van der Waals surface area contributed by atoms with Gasteiger partial charge in [0.1, 0.15) is 5.75 Å². The van der Waals surface area contributed by atoms with Gasteiger partial charge in [0.25, 0.3) is 0 Å². The standard InChI is InChI=1S/C10H13NO4/c1-3-14-8-5-6-9(11(12)13)10(7-8)15-4-2/h5-7H,3-4H2,1-2H3. The zero-order valence-corrected chi connectivity index (χ0v) is 8.73. The first-order chi connectivity index (χ1) is 7.19. The Kier molecular flexibility index (Phi) is 3.91. The van der Waals surface area contributed by atoms with Gasteiger partial charge >= 0.3 is 5.69 Å². The van der Waals surface area contributed by atoms with Crippen molar-refractivity contribution in [2.75, 3.05) is 13.2 Å². The van der Waals surface area contributed by atoms with Gasteiger partial charge in [-0.3, -0.25) is 10.1 Å². The highest BCUT2D eigenvalue weighted by Crippen LogP contribution is 2.31. The maximum atomic E-state index is 10.7. The summed E-state index contributed by atoms with van der Waals surface area (Å²) < 4.78 is 10.4. The number of hydrogen-bond acceptors (Lipinski definition) is 4. The van der Waals surface area contributed by atoms with Crippen LogP contribution in [0.25, 0.3) is 0 Å². The maximum absolute atomic E-state index is 10.7. The Morgan fingerprint density at radius 3 is 2.47 bits per heavy atom. The number of nitrogens with zero attached hydrogens (tertiary/aromatic N) is 1. The number of nitro benzene ring substituents is 1. The van der Waals surface area contributed by atoms with E-state index in [1.54, 1.807) is 13.0 Å². The van der Waals surface area contributed by atoms with Crippen LogP contribution in [0.5, 0.6) is 11.5 Å². The third-order valence-corrected chi connectivity index (χ3v) is 1.74. The molecule has 0 amide bonds. The van der Waals surface area contributed by atoms with E-state index in [1.807, 2.05) is 6.92 Å². The molecule has 0 aliphatic rings. The highest BCUT2D eigenvalue weighted by Gasteiger charge is 2.15. The normalized spacial score (nSPS) is 9.73. The van der Waals surface area contributed by atoms with Gasteiger partial charge in [-0.1, -0.05) is 0 Å². The lowest BCUT2D eigenvalue weighted by atomic mass is 10.3. The first-order valence-electron chi connectivity index (χ1n) is 4.73. The smallest absolute Gasteiger partial charge is 0.311 e. The molecule has 0 bridgehead atoms. The maximum Gasteiger partial charge on any atom is 0.311 e. The van der Waals surface area contributed by atoms with Gasteiger partial charge in [0.05, 0.1) is 18.1 Å². The van der Waals surface area contributed by atoms with Gasteiger partial charge in [0.2, 0.25) is 5.75 Å². The van der Waals surface area contributed by atoms with E-state index in [9.17, 15) is 10.1 Å². The minimum absolute atomic E-state index is 0.0414. The van der Waals surface area contributed by atoms with Gasteiger partial charge < -0.3 is 9.47 Å². The number of nitro groups is 1. The van der Waals surface area contributed by atoms with Crippen LogP contribution in [-0.4, -0.2) is 18.1 Å². The third kappa shape index (κ3) is 2.83. The summed E-state index contributed by atoms with van der Waals surface area (Å²) in [4.78, 5) is 10.2. The molecular formula is C10H13NO4. The fraction of sp³-hybridized carbons (Fsp3) is 0.400. The number of benzene rings is 1. The van der Waals surface area contributed by atoms with Crippen LogP contribution in [0.4, 0.5) is 5.69 Å². The lowest BCUT2D eigenvalue weighted by Gasteiger charge is -2.07. The molecule has 1 aromatic rings. The molecule has 0 fully saturated rings. The Morgan fingerprint density at radius 1 is 1.27 bits per heavy atom. The molecule has 1 rings (SSSR count). The zero-order chi connectivity index (χ0) is 11.3. The molecule has 5 heteroatoms. The molecule has 82 valence electrons.